The summed E-state index contributed by atoms with van der Waals surface area (Å²) in [6.45, 7) is 2.96. The minimum absolute atomic E-state index is 0.393. The normalized spacial score (nSPS) is 28.4. The maximum absolute atomic E-state index is 5.83. The van der Waals surface area contributed by atoms with Crippen molar-refractivity contribution in [2.24, 2.45) is 5.92 Å². The molecule has 2 fully saturated rings. The van der Waals surface area contributed by atoms with Crippen molar-refractivity contribution >= 4 is 21.7 Å². The molecule has 1 aliphatic carbocycles. The number of aromatic nitrogens is 1. The van der Waals surface area contributed by atoms with Gasteiger partial charge in [0.15, 0.2) is 0 Å². The Morgan fingerprint density at radius 2 is 2.24 bits per heavy atom. The third-order valence-corrected chi connectivity index (χ3v) is 4.63. The van der Waals surface area contributed by atoms with E-state index in [-0.39, 0.29) is 0 Å². The van der Waals surface area contributed by atoms with Crippen molar-refractivity contribution in [1.29, 1.82) is 0 Å². The van der Waals surface area contributed by atoms with Crippen LogP contribution in [0, 0.1) is 12.8 Å². The molecule has 2 unspecified atom stereocenters. The van der Waals surface area contributed by atoms with Gasteiger partial charge in [0, 0.05) is 12.8 Å². The molecule has 2 atom stereocenters. The number of ether oxygens (including phenoxy) is 1. The van der Waals surface area contributed by atoms with E-state index in [4.69, 9.17) is 4.74 Å². The van der Waals surface area contributed by atoms with Gasteiger partial charge >= 0.3 is 0 Å². The zero-order chi connectivity index (χ0) is 11.8. The van der Waals surface area contributed by atoms with Gasteiger partial charge in [-0.15, -0.1) is 0 Å². The molecule has 2 aliphatic rings. The lowest BCUT2D eigenvalue weighted by Crippen LogP contribution is -2.31. The zero-order valence-corrected chi connectivity index (χ0v) is 11.5. The van der Waals surface area contributed by atoms with Crippen molar-refractivity contribution in [2.75, 3.05) is 11.9 Å². The Morgan fingerprint density at radius 1 is 1.41 bits per heavy atom. The van der Waals surface area contributed by atoms with E-state index in [0.29, 0.717) is 12.1 Å². The summed E-state index contributed by atoms with van der Waals surface area (Å²) < 4.78 is 6.90. The fourth-order valence-corrected chi connectivity index (χ4v) is 2.82. The van der Waals surface area contributed by atoms with E-state index in [1.165, 1.54) is 18.4 Å². The second-order valence-electron chi connectivity index (χ2n) is 5.00. The van der Waals surface area contributed by atoms with Gasteiger partial charge in [-0.05, 0) is 59.7 Å². The fourth-order valence-electron chi connectivity index (χ4n) is 2.47. The highest BCUT2D eigenvalue weighted by Gasteiger charge is 2.40. The highest BCUT2D eigenvalue weighted by Crippen LogP contribution is 2.40. The fraction of sp³-hybridized carbons (Fsp3) is 0.615. The first-order valence-electron chi connectivity index (χ1n) is 6.25. The van der Waals surface area contributed by atoms with Crippen LogP contribution >= 0.6 is 15.9 Å². The van der Waals surface area contributed by atoms with E-state index in [2.05, 4.69) is 33.2 Å². The van der Waals surface area contributed by atoms with Crippen LogP contribution in [0.1, 0.15) is 24.8 Å². The molecule has 1 saturated heterocycles. The maximum atomic E-state index is 5.83. The summed E-state index contributed by atoms with van der Waals surface area (Å²) in [6, 6.07) is 2.44. The minimum atomic E-state index is 0.393. The number of halogens is 1. The monoisotopic (exact) mass is 296 g/mol. The number of pyridine rings is 1. The molecule has 0 bridgehead atoms. The van der Waals surface area contributed by atoms with Crippen LogP contribution < -0.4 is 5.32 Å². The highest BCUT2D eigenvalue weighted by molar-refractivity contribution is 9.10. The van der Waals surface area contributed by atoms with Gasteiger partial charge in [-0.1, -0.05) is 0 Å². The molecular formula is C13H17BrN2O. The van der Waals surface area contributed by atoms with Crippen molar-refractivity contribution in [3.05, 3.63) is 22.3 Å². The van der Waals surface area contributed by atoms with Crippen LogP contribution in [-0.4, -0.2) is 23.7 Å². The molecule has 1 N–H and O–H groups in total. The largest absolute Gasteiger partial charge is 0.376 e. The second kappa shape index (κ2) is 4.58. The van der Waals surface area contributed by atoms with Gasteiger partial charge in [0.25, 0.3) is 0 Å². The Kier molecular flexibility index (Phi) is 3.09. The van der Waals surface area contributed by atoms with Crippen LogP contribution in [0.5, 0.6) is 0 Å². The van der Waals surface area contributed by atoms with E-state index < -0.39 is 0 Å². The van der Waals surface area contributed by atoms with Crippen LogP contribution in [0.15, 0.2) is 16.7 Å². The molecule has 0 spiro atoms. The Morgan fingerprint density at radius 3 is 3.00 bits per heavy atom. The van der Waals surface area contributed by atoms with Crippen LogP contribution in [0.25, 0.3) is 0 Å². The minimum Gasteiger partial charge on any atom is -0.376 e. The van der Waals surface area contributed by atoms with Gasteiger partial charge in [-0.3, -0.25) is 0 Å². The summed E-state index contributed by atoms with van der Waals surface area (Å²) in [5.41, 5.74) is 1.21. The average Bonchev–Trinajstić information content (AvgIpc) is 3.06. The number of aryl methyl sites for hydroxylation is 1. The maximum Gasteiger partial charge on any atom is 0.140 e. The zero-order valence-electron chi connectivity index (χ0n) is 9.95. The summed E-state index contributed by atoms with van der Waals surface area (Å²) >= 11 is 3.59. The lowest BCUT2D eigenvalue weighted by atomic mass is 10.1. The third-order valence-electron chi connectivity index (χ3n) is 3.63. The van der Waals surface area contributed by atoms with Crippen LogP contribution in [0.3, 0.4) is 0 Å². The molecule has 1 aromatic heterocycles. The van der Waals surface area contributed by atoms with Gasteiger partial charge in [-0.2, -0.15) is 0 Å². The van der Waals surface area contributed by atoms with Crippen LogP contribution in [0.4, 0.5) is 5.82 Å². The molecule has 1 aromatic rings. The standard InChI is InChI=1S/C13H17BrN2O/c1-8-4-6-15-13(11(8)14)16-10-5-7-17-12(10)9-2-3-9/h4,6,9-10,12H,2-3,5,7H2,1H3,(H,15,16). The van der Waals surface area contributed by atoms with E-state index in [1.807, 2.05) is 12.3 Å². The summed E-state index contributed by atoms with van der Waals surface area (Å²) in [4.78, 5) is 4.40. The van der Waals surface area contributed by atoms with Crippen LogP contribution in [0.2, 0.25) is 0 Å². The molecule has 1 saturated carbocycles. The highest BCUT2D eigenvalue weighted by atomic mass is 79.9. The lowest BCUT2D eigenvalue weighted by Gasteiger charge is -2.21. The smallest absolute Gasteiger partial charge is 0.140 e. The van der Waals surface area contributed by atoms with Gasteiger partial charge in [0.2, 0.25) is 0 Å². The SMILES string of the molecule is Cc1ccnc(NC2CCOC2C2CC2)c1Br. The molecule has 92 valence electrons. The molecule has 0 radical (unpaired) electrons. The number of rotatable bonds is 3. The molecule has 4 heteroatoms. The predicted octanol–water partition coefficient (Wildman–Crippen LogP) is 3.13. The molecule has 2 heterocycles. The molecule has 17 heavy (non-hydrogen) atoms. The Balaban J connectivity index is 1.75. The van der Waals surface area contributed by atoms with E-state index >= 15 is 0 Å². The predicted molar refractivity (Wildman–Crippen MR) is 71.2 cm³/mol. The Bertz CT molecular complexity index is 420. The van der Waals surface area contributed by atoms with Crippen LogP contribution in [-0.2, 0) is 4.74 Å². The van der Waals surface area contributed by atoms with E-state index in [9.17, 15) is 0 Å². The number of hydrogen-bond acceptors (Lipinski definition) is 3. The first kappa shape index (κ1) is 11.5. The molecule has 3 nitrogen and oxygen atoms in total. The van der Waals surface area contributed by atoms with Gasteiger partial charge in [-0.25, -0.2) is 4.98 Å². The quantitative estimate of drug-likeness (QED) is 0.930. The average molecular weight is 297 g/mol. The van der Waals surface area contributed by atoms with Crippen molar-refractivity contribution in [3.63, 3.8) is 0 Å². The second-order valence-corrected chi connectivity index (χ2v) is 5.80. The van der Waals surface area contributed by atoms with E-state index in [1.54, 1.807) is 0 Å². The molecule has 0 amide bonds. The van der Waals surface area contributed by atoms with Crippen molar-refractivity contribution < 1.29 is 4.74 Å². The number of anilines is 1. The number of nitrogens with one attached hydrogen (secondary N) is 1. The Labute approximate surface area is 110 Å². The molecular weight excluding hydrogens is 280 g/mol. The third kappa shape index (κ3) is 2.33. The van der Waals surface area contributed by atoms with Crippen molar-refractivity contribution in [3.8, 4) is 0 Å². The first-order valence-corrected chi connectivity index (χ1v) is 7.04. The summed E-state index contributed by atoms with van der Waals surface area (Å²) in [5.74, 6) is 1.73. The summed E-state index contributed by atoms with van der Waals surface area (Å²) in [5, 5.41) is 3.54. The van der Waals surface area contributed by atoms with Gasteiger partial charge < -0.3 is 10.1 Å². The summed E-state index contributed by atoms with van der Waals surface area (Å²) in [6.07, 6.45) is 5.98. The summed E-state index contributed by atoms with van der Waals surface area (Å²) in [7, 11) is 0. The number of hydrogen-bond donors (Lipinski definition) is 1. The van der Waals surface area contributed by atoms with E-state index in [0.717, 1.165) is 29.2 Å². The van der Waals surface area contributed by atoms with Crippen molar-refractivity contribution in [1.82, 2.24) is 4.98 Å². The van der Waals surface area contributed by atoms with Gasteiger partial charge in [0.05, 0.1) is 16.6 Å². The van der Waals surface area contributed by atoms with Crippen molar-refractivity contribution in [2.45, 2.75) is 38.3 Å². The molecule has 3 rings (SSSR count). The Hall–Kier alpha value is -0.610. The first-order chi connectivity index (χ1) is 8.25. The topological polar surface area (TPSA) is 34.2 Å². The molecule has 0 aromatic carbocycles. The number of nitrogens with zero attached hydrogens (tertiary/aromatic N) is 1. The molecule has 1 aliphatic heterocycles. The van der Waals surface area contributed by atoms with Gasteiger partial charge in [0.1, 0.15) is 5.82 Å². The lowest BCUT2D eigenvalue weighted by molar-refractivity contribution is 0.0898.